The van der Waals surface area contributed by atoms with Crippen molar-refractivity contribution >= 4 is 17.4 Å². The van der Waals surface area contributed by atoms with Crippen LogP contribution in [0.2, 0.25) is 5.02 Å². The maximum Gasteiger partial charge on any atom is 0.287 e. The van der Waals surface area contributed by atoms with Gasteiger partial charge in [0.1, 0.15) is 5.75 Å². The van der Waals surface area contributed by atoms with Gasteiger partial charge in [0, 0.05) is 22.2 Å². The fourth-order valence-electron chi connectivity index (χ4n) is 2.33. The van der Waals surface area contributed by atoms with Crippen molar-refractivity contribution in [3.8, 4) is 17.0 Å². The van der Waals surface area contributed by atoms with Crippen molar-refractivity contribution in [3.05, 3.63) is 77.7 Å². The summed E-state index contributed by atoms with van der Waals surface area (Å²) in [6.45, 7) is 0.231. The molecule has 0 spiro atoms. The molecular weight excluding hydrogens is 404 g/mol. The van der Waals surface area contributed by atoms with Crippen molar-refractivity contribution in [2.24, 2.45) is 0 Å². The molecule has 0 aliphatic heterocycles. The Morgan fingerprint density at radius 2 is 1.92 bits per heavy atom. The van der Waals surface area contributed by atoms with Crippen molar-refractivity contribution < 1.29 is 31.1 Å². The van der Waals surface area contributed by atoms with Crippen LogP contribution in [0.25, 0.3) is 11.3 Å². The summed E-state index contributed by atoms with van der Waals surface area (Å²) >= 11 is 6.00. The zero-order valence-corrected chi connectivity index (χ0v) is 15.9. The number of Topliss-reactive ketones (excluding diaryl/α,β-unsaturated/α-hetero) is 1. The lowest BCUT2D eigenvalue weighted by molar-refractivity contribution is -0.686. The Bertz CT molecular complexity index is 852. The lowest BCUT2D eigenvalue weighted by Gasteiger charge is -2.03. The number of benzene rings is 2. The van der Waals surface area contributed by atoms with Crippen LogP contribution in [0.15, 0.2) is 67.1 Å². The Morgan fingerprint density at radius 3 is 2.52 bits per heavy atom. The maximum absolute atomic E-state index is 12.3. The van der Waals surface area contributed by atoms with Gasteiger partial charge in [-0.05, 0) is 41.4 Å². The van der Waals surface area contributed by atoms with Crippen LogP contribution in [0.1, 0.15) is 10.4 Å². The highest BCUT2D eigenvalue weighted by atomic mass is 79.9. The van der Waals surface area contributed by atoms with Crippen LogP contribution >= 0.6 is 11.6 Å². The van der Waals surface area contributed by atoms with Gasteiger partial charge in [-0.1, -0.05) is 23.7 Å². The number of hydrogen-bond acceptors (Lipinski definition) is 3. The number of nitrogens with zero attached hydrogens (tertiary/aromatic N) is 2. The first-order chi connectivity index (χ1) is 11.7. The molecule has 1 aromatic heterocycles. The number of aromatic nitrogens is 2. The third-order valence-electron chi connectivity index (χ3n) is 3.63. The number of halogens is 2. The Kier molecular flexibility index (Phi) is 6.67. The van der Waals surface area contributed by atoms with E-state index in [9.17, 15) is 4.79 Å². The van der Waals surface area contributed by atoms with Crippen LogP contribution in [0.5, 0.6) is 5.75 Å². The van der Waals surface area contributed by atoms with Gasteiger partial charge in [0.2, 0.25) is 5.78 Å². The molecule has 0 atom stereocenters. The fraction of sp³-hybridized carbons (Fsp3) is 0.105. The topological polar surface area (TPSA) is 43.1 Å². The molecule has 128 valence electrons. The van der Waals surface area contributed by atoms with E-state index in [4.69, 9.17) is 16.3 Å². The number of methoxy groups -OCH3 is 1. The molecule has 2 aromatic carbocycles. The molecule has 0 aliphatic rings. The van der Waals surface area contributed by atoms with Crippen LogP contribution in [0, 0.1) is 0 Å². The predicted octanol–water partition coefficient (Wildman–Crippen LogP) is 0.585. The van der Waals surface area contributed by atoms with E-state index in [1.807, 2.05) is 36.5 Å². The van der Waals surface area contributed by atoms with E-state index >= 15 is 0 Å². The molecule has 0 aliphatic carbocycles. The smallest absolute Gasteiger partial charge is 0.287 e. The Balaban J connectivity index is 0.00000225. The first kappa shape index (κ1) is 19.1. The summed E-state index contributed by atoms with van der Waals surface area (Å²) in [4.78, 5) is 16.7. The molecule has 0 saturated heterocycles. The number of carbonyl (C=O) groups is 1. The SMILES string of the molecule is COc1ccc(C(=O)C[n+]2ccc(-c3cccc(Cl)c3)nc2)cc1.[Br-]. The summed E-state index contributed by atoms with van der Waals surface area (Å²) < 4.78 is 6.85. The molecule has 3 rings (SSSR count). The van der Waals surface area contributed by atoms with Crippen LogP contribution in [-0.4, -0.2) is 17.9 Å². The average molecular weight is 420 g/mol. The molecule has 0 bridgehead atoms. The fourth-order valence-corrected chi connectivity index (χ4v) is 2.52. The third kappa shape index (κ3) is 4.87. The van der Waals surface area contributed by atoms with Gasteiger partial charge >= 0.3 is 0 Å². The van der Waals surface area contributed by atoms with E-state index in [1.54, 1.807) is 42.3 Å². The van der Waals surface area contributed by atoms with Gasteiger partial charge in [-0.2, -0.15) is 0 Å². The van der Waals surface area contributed by atoms with Crippen LogP contribution < -0.4 is 26.3 Å². The minimum Gasteiger partial charge on any atom is -1.00 e. The Labute approximate surface area is 161 Å². The summed E-state index contributed by atoms with van der Waals surface area (Å²) in [6, 6.07) is 16.4. The molecule has 4 nitrogen and oxygen atoms in total. The van der Waals surface area contributed by atoms with Gasteiger partial charge in [0.25, 0.3) is 6.33 Å². The Hall–Kier alpha value is -2.24. The quantitative estimate of drug-likeness (QED) is 0.449. The Morgan fingerprint density at radius 1 is 1.16 bits per heavy atom. The van der Waals surface area contributed by atoms with Crippen LogP contribution in [0.4, 0.5) is 0 Å². The van der Waals surface area contributed by atoms with Crippen molar-refractivity contribution in [2.45, 2.75) is 6.54 Å². The summed E-state index contributed by atoms with van der Waals surface area (Å²) in [6.07, 6.45) is 3.49. The zero-order chi connectivity index (χ0) is 16.9. The molecule has 0 saturated carbocycles. The highest BCUT2D eigenvalue weighted by molar-refractivity contribution is 6.30. The predicted molar refractivity (Wildman–Crippen MR) is 92.2 cm³/mol. The number of ether oxygens (including phenoxy) is 1. The van der Waals surface area contributed by atoms with E-state index < -0.39 is 0 Å². The normalized spacial score (nSPS) is 10.0. The molecular formula is C19H16BrClN2O2. The van der Waals surface area contributed by atoms with Crippen molar-refractivity contribution in [3.63, 3.8) is 0 Å². The second-order valence-electron chi connectivity index (χ2n) is 5.28. The summed E-state index contributed by atoms with van der Waals surface area (Å²) in [7, 11) is 1.60. The van der Waals surface area contributed by atoms with E-state index in [-0.39, 0.29) is 29.3 Å². The minimum absolute atomic E-state index is 0. The van der Waals surface area contributed by atoms with Gasteiger partial charge in [-0.15, -0.1) is 0 Å². The molecule has 1 heterocycles. The molecule has 0 amide bonds. The minimum atomic E-state index is 0. The number of rotatable bonds is 5. The van der Waals surface area contributed by atoms with Gasteiger partial charge in [-0.25, -0.2) is 4.57 Å². The zero-order valence-electron chi connectivity index (χ0n) is 13.5. The summed E-state index contributed by atoms with van der Waals surface area (Å²) in [5, 5.41) is 0.667. The molecule has 6 heteroatoms. The van der Waals surface area contributed by atoms with Crippen LogP contribution in [0.3, 0.4) is 0 Å². The van der Waals surface area contributed by atoms with Crippen molar-refractivity contribution in [2.75, 3.05) is 7.11 Å². The van der Waals surface area contributed by atoms with Gasteiger partial charge in [0.05, 0.1) is 13.3 Å². The van der Waals surface area contributed by atoms with Gasteiger partial charge < -0.3 is 21.7 Å². The van der Waals surface area contributed by atoms with Gasteiger partial charge in [0.15, 0.2) is 12.2 Å². The van der Waals surface area contributed by atoms with E-state index in [0.29, 0.717) is 10.6 Å². The summed E-state index contributed by atoms with van der Waals surface area (Å²) in [5.41, 5.74) is 2.39. The van der Waals surface area contributed by atoms with Crippen molar-refractivity contribution in [1.29, 1.82) is 0 Å². The first-order valence-electron chi connectivity index (χ1n) is 7.44. The van der Waals surface area contributed by atoms with Gasteiger partial charge in [-0.3, -0.25) is 4.79 Å². The highest BCUT2D eigenvalue weighted by Gasteiger charge is 2.12. The standard InChI is InChI=1S/C19H16ClN2O2.BrH/c1-24-17-7-5-14(6-8-17)19(23)12-22-10-9-18(21-13-22)15-3-2-4-16(20)11-15;/h2-11,13H,12H2,1H3;1H/q+1;/p-1. The first-order valence-corrected chi connectivity index (χ1v) is 7.82. The third-order valence-corrected chi connectivity index (χ3v) is 3.86. The lowest BCUT2D eigenvalue weighted by Crippen LogP contribution is -3.00. The largest absolute Gasteiger partial charge is 1.00 e. The molecule has 3 aromatic rings. The number of carbonyl (C=O) groups excluding carboxylic acids is 1. The maximum atomic E-state index is 12.3. The molecule has 25 heavy (non-hydrogen) atoms. The highest BCUT2D eigenvalue weighted by Crippen LogP contribution is 2.19. The molecule has 0 unspecified atom stereocenters. The van der Waals surface area contributed by atoms with Crippen LogP contribution in [-0.2, 0) is 6.54 Å². The molecule has 0 N–H and O–H groups in total. The van der Waals surface area contributed by atoms with E-state index in [0.717, 1.165) is 17.0 Å². The number of hydrogen-bond donors (Lipinski definition) is 0. The number of ketones is 1. The van der Waals surface area contributed by atoms with E-state index in [2.05, 4.69) is 4.98 Å². The summed E-state index contributed by atoms with van der Waals surface area (Å²) in [5.74, 6) is 0.742. The van der Waals surface area contributed by atoms with E-state index in [1.165, 1.54) is 0 Å². The average Bonchev–Trinajstić information content (AvgIpc) is 2.62. The lowest BCUT2D eigenvalue weighted by atomic mass is 10.1. The second kappa shape index (κ2) is 8.74. The second-order valence-corrected chi connectivity index (χ2v) is 5.72. The monoisotopic (exact) mass is 418 g/mol. The molecule has 0 fully saturated rings. The molecule has 0 radical (unpaired) electrons. The van der Waals surface area contributed by atoms with Crippen molar-refractivity contribution in [1.82, 2.24) is 4.98 Å².